The van der Waals surface area contributed by atoms with Gasteiger partial charge in [-0.25, -0.2) is 4.79 Å². The van der Waals surface area contributed by atoms with Gasteiger partial charge in [0.25, 0.3) is 0 Å². The van der Waals surface area contributed by atoms with E-state index in [0.717, 1.165) is 22.3 Å². The van der Waals surface area contributed by atoms with E-state index in [-0.39, 0.29) is 30.1 Å². The van der Waals surface area contributed by atoms with Gasteiger partial charge in [-0.3, -0.25) is 10.1 Å². The molecule has 0 fully saturated rings. The molecule has 32 heavy (non-hydrogen) atoms. The molecule has 3 N–H and O–H groups in total. The number of rotatable bonds is 6. The van der Waals surface area contributed by atoms with Gasteiger partial charge in [-0.2, -0.15) is 0 Å². The summed E-state index contributed by atoms with van der Waals surface area (Å²) in [6.45, 7) is 0.150. The number of esters is 1. The fourth-order valence-electron chi connectivity index (χ4n) is 4.03. The van der Waals surface area contributed by atoms with Crippen molar-refractivity contribution < 1.29 is 29.1 Å². The molecule has 1 aliphatic rings. The van der Waals surface area contributed by atoms with E-state index >= 15 is 0 Å². The van der Waals surface area contributed by atoms with Crippen molar-refractivity contribution in [2.24, 2.45) is 0 Å². The molecule has 0 heterocycles. The molecule has 0 radical (unpaired) electrons. The molecule has 1 aliphatic carbocycles. The molecule has 8 heteroatoms. The number of carbonyl (C=O) groups excluding carboxylic acids is 2. The number of benzene rings is 3. The summed E-state index contributed by atoms with van der Waals surface area (Å²) in [6, 6.07) is 20.5. The van der Waals surface area contributed by atoms with Gasteiger partial charge in [-0.1, -0.05) is 54.6 Å². The number of nitrogens with one attached hydrogen (secondary N) is 1. The van der Waals surface area contributed by atoms with E-state index in [0.29, 0.717) is 5.56 Å². The van der Waals surface area contributed by atoms with Crippen LogP contribution in [0, 0.1) is 0 Å². The molecular formula is C24H22BNO6. The monoisotopic (exact) mass is 431 g/mol. The molecule has 0 saturated carbocycles. The molecule has 0 saturated heterocycles. The Labute approximate surface area is 185 Å². The average molecular weight is 431 g/mol. The fraction of sp³-hybridized carbons (Fsp3) is 0.167. The lowest BCUT2D eigenvalue weighted by Crippen LogP contribution is -2.31. The maximum absolute atomic E-state index is 12.5. The van der Waals surface area contributed by atoms with Gasteiger partial charge in [0, 0.05) is 11.6 Å². The zero-order chi connectivity index (χ0) is 22.7. The standard InChI is InChI=1S/C24H22BNO6/c1-31-23(27)12-15-10-16(25(29)30)13-17(11-15)26-24(28)32-14-22-20-8-4-2-6-18(20)19-7-3-5-9-21(19)22/h2-11,13,22,29-30H,12,14H2,1H3,(H,26,28). The Morgan fingerprint density at radius 3 is 2.19 bits per heavy atom. The molecular weight excluding hydrogens is 409 g/mol. The Balaban J connectivity index is 1.48. The number of anilines is 1. The summed E-state index contributed by atoms with van der Waals surface area (Å²) in [4.78, 5) is 24.1. The van der Waals surface area contributed by atoms with E-state index in [1.807, 2.05) is 36.4 Å². The van der Waals surface area contributed by atoms with Crippen molar-refractivity contribution in [1.29, 1.82) is 0 Å². The maximum Gasteiger partial charge on any atom is 0.488 e. The summed E-state index contributed by atoms with van der Waals surface area (Å²) in [7, 11) is -0.487. The predicted octanol–water partition coefficient (Wildman–Crippen LogP) is 2.44. The summed E-state index contributed by atoms with van der Waals surface area (Å²) in [5.41, 5.74) is 5.37. The van der Waals surface area contributed by atoms with E-state index < -0.39 is 19.2 Å². The lowest BCUT2D eigenvalue weighted by atomic mass is 9.79. The number of amides is 1. The zero-order valence-corrected chi connectivity index (χ0v) is 17.4. The van der Waals surface area contributed by atoms with Crippen molar-refractivity contribution in [3.8, 4) is 11.1 Å². The van der Waals surface area contributed by atoms with Crippen LogP contribution >= 0.6 is 0 Å². The highest BCUT2D eigenvalue weighted by atomic mass is 16.5. The second-order valence-corrected chi connectivity index (χ2v) is 7.54. The zero-order valence-electron chi connectivity index (χ0n) is 17.4. The molecule has 3 aromatic carbocycles. The number of fused-ring (bicyclic) bond motifs is 3. The average Bonchev–Trinajstić information content (AvgIpc) is 3.11. The molecule has 7 nitrogen and oxygen atoms in total. The smallest absolute Gasteiger partial charge is 0.469 e. The highest BCUT2D eigenvalue weighted by molar-refractivity contribution is 6.58. The van der Waals surface area contributed by atoms with Crippen LogP contribution in [0.5, 0.6) is 0 Å². The van der Waals surface area contributed by atoms with Crippen molar-refractivity contribution in [3.05, 3.63) is 83.4 Å². The Morgan fingerprint density at radius 2 is 1.59 bits per heavy atom. The Bertz CT molecular complexity index is 1120. The lowest BCUT2D eigenvalue weighted by Gasteiger charge is -2.15. The second-order valence-electron chi connectivity index (χ2n) is 7.54. The van der Waals surface area contributed by atoms with E-state index in [9.17, 15) is 19.6 Å². The minimum atomic E-state index is -1.75. The molecule has 4 rings (SSSR count). The maximum atomic E-state index is 12.5. The van der Waals surface area contributed by atoms with Gasteiger partial charge >= 0.3 is 19.2 Å². The van der Waals surface area contributed by atoms with Gasteiger partial charge in [0.05, 0.1) is 13.5 Å². The number of hydrogen-bond acceptors (Lipinski definition) is 6. The van der Waals surface area contributed by atoms with Gasteiger partial charge in [0.15, 0.2) is 0 Å². The van der Waals surface area contributed by atoms with Gasteiger partial charge in [-0.15, -0.1) is 0 Å². The third-order valence-corrected chi connectivity index (χ3v) is 5.48. The third kappa shape index (κ3) is 4.51. The van der Waals surface area contributed by atoms with Crippen LogP contribution in [0.2, 0.25) is 0 Å². The van der Waals surface area contributed by atoms with Crippen LogP contribution in [0.3, 0.4) is 0 Å². The molecule has 0 unspecified atom stereocenters. The molecule has 162 valence electrons. The van der Waals surface area contributed by atoms with Crippen LogP contribution < -0.4 is 10.8 Å². The molecule has 1 amide bonds. The van der Waals surface area contributed by atoms with Crippen LogP contribution in [0.1, 0.15) is 22.6 Å². The van der Waals surface area contributed by atoms with Crippen LogP contribution in [-0.4, -0.2) is 42.9 Å². The summed E-state index contributed by atoms with van der Waals surface area (Å²) in [6.07, 6.45) is -0.753. The number of hydrogen-bond donors (Lipinski definition) is 3. The largest absolute Gasteiger partial charge is 0.488 e. The quantitative estimate of drug-likeness (QED) is 0.409. The number of carbonyl (C=O) groups is 2. The lowest BCUT2D eigenvalue weighted by molar-refractivity contribution is -0.139. The Morgan fingerprint density at radius 1 is 0.969 bits per heavy atom. The van der Waals surface area contributed by atoms with Crippen molar-refractivity contribution >= 4 is 30.3 Å². The molecule has 3 aromatic rings. The Kier molecular flexibility index (Phi) is 6.25. The van der Waals surface area contributed by atoms with E-state index in [4.69, 9.17) is 4.74 Å². The normalized spacial score (nSPS) is 12.0. The van der Waals surface area contributed by atoms with Crippen LogP contribution in [-0.2, 0) is 20.7 Å². The van der Waals surface area contributed by atoms with E-state index in [1.165, 1.54) is 19.2 Å². The molecule has 0 aromatic heterocycles. The first-order chi connectivity index (χ1) is 15.5. The third-order valence-electron chi connectivity index (χ3n) is 5.48. The SMILES string of the molecule is COC(=O)Cc1cc(NC(=O)OCC2c3ccccc3-c3ccccc32)cc(B(O)O)c1. The van der Waals surface area contributed by atoms with Gasteiger partial charge < -0.3 is 19.5 Å². The topological polar surface area (TPSA) is 105 Å². The first-order valence-electron chi connectivity index (χ1n) is 10.1. The van der Waals surface area contributed by atoms with Crippen molar-refractivity contribution in [2.75, 3.05) is 19.0 Å². The highest BCUT2D eigenvalue weighted by Gasteiger charge is 2.29. The molecule has 0 spiro atoms. The first kappa shape index (κ1) is 21.6. The van der Waals surface area contributed by atoms with Crippen LogP contribution in [0.4, 0.5) is 10.5 Å². The van der Waals surface area contributed by atoms with Crippen LogP contribution in [0.25, 0.3) is 11.1 Å². The van der Waals surface area contributed by atoms with Crippen molar-refractivity contribution in [1.82, 2.24) is 0 Å². The molecule has 0 aliphatic heterocycles. The molecule has 0 atom stereocenters. The first-order valence-corrected chi connectivity index (χ1v) is 10.1. The van der Waals surface area contributed by atoms with Crippen LogP contribution in [0.15, 0.2) is 66.7 Å². The summed E-state index contributed by atoms with van der Waals surface area (Å²) in [5.74, 6) is -0.560. The van der Waals surface area contributed by atoms with Crippen molar-refractivity contribution in [3.63, 3.8) is 0 Å². The minimum Gasteiger partial charge on any atom is -0.469 e. The van der Waals surface area contributed by atoms with E-state index in [1.54, 1.807) is 6.07 Å². The highest BCUT2D eigenvalue weighted by Crippen LogP contribution is 2.44. The number of methoxy groups -OCH3 is 1. The predicted molar refractivity (Wildman–Crippen MR) is 121 cm³/mol. The molecule has 0 bridgehead atoms. The van der Waals surface area contributed by atoms with Crippen molar-refractivity contribution in [2.45, 2.75) is 12.3 Å². The Hall–Kier alpha value is -3.62. The van der Waals surface area contributed by atoms with E-state index in [2.05, 4.69) is 22.2 Å². The van der Waals surface area contributed by atoms with Gasteiger partial charge in [0.1, 0.15) is 6.61 Å². The number of ether oxygens (including phenoxy) is 2. The van der Waals surface area contributed by atoms with Gasteiger partial charge in [0.2, 0.25) is 0 Å². The van der Waals surface area contributed by atoms with Gasteiger partial charge in [-0.05, 0) is 45.4 Å². The second kappa shape index (κ2) is 9.26. The minimum absolute atomic E-state index is 0.0730. The summed E-state index contributed by atoms with van der Waals surface area (Å²) < 4.78 is 10.2. The fourth-order valence-corrected chi connectivity index (χ4v) is 4.03. The summed E-state index contributed by atoms with van der Waals surface area (Å²) >= 11 is 0. The summed E-state index contributed by atoms with van der Waals surface area (Å²) in [5, 5.41) is 21.7.